The molecular formula is C13H17N3O4. The Bertz CT molecular complexity index is 526. The Balaban J connectivity index is 2.95. The molecule has 0 spiro atoms. The minimum absolute atomic E-state index is 0.0878. The summed E-state index contributed by atoms with van der Waals surface area (Å²) in [6, 6.07) is 4.82. The van der Waals surface area contributed by atoms with E-state index in [1.165, 1.54) is 7.11 Å². The first-order valence-corrected chi connectivity index (χ1v) is 6.07. The number of aliphatic hydroxyl groups excluding tert-OH is 2. The number of hydrogen-bond acceptors (Lipinski definition) is 5. The molecule has 2 unspecified atom stereocenters. The van der Waals surface area contributed by atoms with Crippen molar-refractivity contribution in [3.8, 4) is 0 Å². The van der Waals surface area contributed by atoms with E-state index in [9.17, 15) is 15.0 Å². The first-order chi connectivity index (χ1) is 9.52. The number of azide groups is 1. The highest BCUT2D eigenvalue weighted by Crippen LogP contribution is 2.25. The van der Waals surface area contributed by atoms with Gasteiger partial charge in [-0.25, -0.2) is 4.79 Å². The van der Waals surface area contributed by atoms with Gasteiger partial charge in [-0.3, -0.25) is 0 Å². The van der Waals surface area contributed by atoms with Crippen molar-refractivity contribution < 1.29 is 19.7 Å². The molecule has 108 valence electrons. The molecule has 2 N–H and O–H groups in total. The third-order valence-corrected chi connectivity index (χ3v) is 3.05. The summed E-state index contributed by atoms with van der Waals surface area (Å²) in [4.78, 5) is 14.1. The number of aliphatic hydroxyl groups is 2. The lowest BCUT2D eigenvalue weighted by Gasteiger charge is -2.20. The van der Waals surface area contributed by atoms with Gasteiger partial charge in [-0.15, -0.1) is 0 Å². The average molecular weight is 279 g/mol. The molecule has 0 bridgehead atoms. The number of esters is 1. The van der Waals surface area contributed by atoms with Crippen molar-refractivity contribution >= 4 is 5.97 Å². The van der Waals surface area contributed by atoms with Gasteiger partial charge in [0.1, 0.15) is 6.10 Å². The van der Waals surface area contributed by atoms with Crippen LogP contribution >= 0.6 is 0 Å². The number of ether oxygens (including phenoxy) is 1. The van der Waals surface area contributed by atoms with Gasteiger partial charge in [-0.1, -0.05) is 17.2 Å². The van der Waals surface area contributed by atoms with Crippen molar-refractivity contribution in [2.45, 2.75) is 25.6 Å². The molecule has 20 heavy (non-hydrogen) atoms. The van der Waals surface area contributed by atoms with Crippen molar-refractivity contribution in [2.75, 3.05) is 13.7 Å². The van der Waals surface area contributed by atoms with Gasteiger partial charge in [0.15, 0.2) is 0 Å². The highest BCUT2D eigenvalue weighted by molar-refractivity contribution is 5.91. The summed E-state index contributed by atoms with van der Waals surface area (Å²) >= 11 is 0. The van der Waals surface area contributed by atoms with E-state index in [2.05, 4.69) is 14.8 Å². The number of rotatable bonds is 6. The fourth-order valence-corrected chi connectivity index (χ4v) is 1.90. The van der Waals surface area contributed by atoms with Gasteiger partial charge in [0.25, 0.3) is 0 Å². The fraction of sp³-hybridized carbons (Fsp3) is 0.462. The summed E-state index contributed by atoms with van der Waals surface area (Å²) in [6.07, 6.45) is -2.10. The van der Waals surface area contributed by atoms with E-state index >= 15 is 0 Å². The molecule has 0 fully saturated rings. The maximum Gasteiger partial charge on any atom is 0.338 e. The van der Waals surface area contributed by atoms with Crippen LogP contribution in [0.15, 0.2) is 23.3 Å². The monoisotopic (exact) mass is 279 g/mol. The molecule has 7 nitrogen and oxygen atoms in total. The van der Waals surface area contributed by atoms with Gasteiger partial charge in [-0.2, -0.15) is 0 Å². The zero-order chi connectivity index (χ0) is 15.1. The van der Waals surface area contributed by atoms with E-state index in [0.717, 1.165) is 0 Å². The molecular weight excluding hydrogens is 262 g/mol. The Morgan fingerprint density at radius 2 is 2.20 bits per heavy atom. The van der Waals surface area contributed by atoms with E-state index in [4.69, 9.17) is 5.53 Å². The lowest BCUT2D eigenvalue weighted by molar-refractivity contribution is 0.0145. The minimum Gasteiger partial charge on any atom is -0.465 e. The molecule has 0 aliphatic rings. The molecule has 0 aliphatic heterocycles. The summed E-state index contributed by atoms with van der Waals surface area (Å²) < 4.78 is 4.65. The SMILES string of the molecule is COC(=O)c1cccc(C(O)C(O)CCN=[N+]=[N-])c1C. The molecule has 0 amide bonds. The Hall–Kier alpha value is -2.08. The van der Waals surface area contributed by atoms with Crippen LogP contribution in [-0.2, 0) is 4.74 Å². The lowest BCUT2D eigenvalue weighted by Crippen LogP contribution is -2.21. The quantitative estimate of drug-likeness (QED) is 0.358. The summed E-state index contributed by atoms with van der Waals surface area (Å²) in [5.41, 5.74) is 9.50. The number of carbonyl (C=O) groups excluding carboxylic acids is 1. The largest absolute Gasteiger partial charge is 0.465 e. The Kier molecular flexibility index (Phi) is 5.99. The molecule has 0 saturated heterocycles. The average Bonchev–Trinajstić information content (AvgIpc) is 2.46. The van der Waals surface area contributed by atoms with Crippen molar-refractivity contribution in [1.82, 2.24) is 0 Å². The van der Waals surface area contributed by atoms with E-state index in [-0.39, 0.29) is 13.0 Å². The number of nitrogens with zero attached hydrogens (tertiary/aromatic N) is 3. The second-order valence-corrected chi connectivity index (χ2v) is 4.27. The van der Waals surface area contributed by atoms with Crippen LogP contribution in [0, 0.1) is 6.92 Å². The van der Waals surface area contributed by atoms with Gasteiger partial charge in [-0.05, 0) is 36.1 Å². The third-order valence-electron chi connectivity index (χ3n) is 3.05. The maximum absolute atomic E-state index is 11.6. The molecule has 2 atom stereocenters. The zero-order valence-electron chi connectivity index (χ0n) is 11.4. The summed E-state index contributed by atoms with van der Waals surface area (Å²) in [5.74, 6) is -0.500. The molecule has 0 saturated carbocycles. The van der Waals surface area contributed by atoms with Crippen LogP contribution in [0.25, 0.3) is 10.4 Å². The van der Waals surface area contributed by atoms with Gasteiger partial charge in [0.2, 0.25) is 0 Å². The molecule has 1 rings (SSSR count). The second kappa shape index (κ2) is 7.49. The van der Waals surface area contributed by atoms with Crippen LogP contribution in [0.3, 0.4) is 0 Å². The number of hydrogen-bond donors (Lipinski definition) is 2. The standard InChI is InChI=1S/C13H17N3O4/c1-8-9(4-3-5-10(8)13(19)20-2)12(18)11(17)6-7-15-16-14/h3-5,11-12,17-18H,6-7H2,1-2H3. The van der Waals surface area contributed by atoms with E-state index in [1.807, 2.05) is 0 Å². The normalized spacial score (nSPS) is 13.2. The molecule has 1 aromatic carbocycles. The highest BCUT2D eigenvalue weighted by Gasteiger charge is 2.22. The Morgan fingerprint density at radius 3 is 2.80 bits per heavy atom. The van der Waals surface area contributed by atoms with Crippen LogP contribution < -0.4 is 0 Å². The van der Waals surface area contributed by atoms with Crippen LogP contribution in [0.1, 0.15) is 34.0 Å². The van der Waals surface area contributed by atoms with Gasteiger partial charge in [0.05, 0.1) is 18.8 Å². The van der Waals surface area contributed by atoms with Crippen LogP contribution in [0.4, 0.5) is 0 Å². The van der Waals surface area contributed by atoms with E-state index in [1.54, 1.807) is 25.1 Å². The molecule has 0 aromatic heterocycles. The Morgan fingerprint density at radius 1 is 1.50 bits per heavy atom. The van der Waals surface area contributed by atoms with Gasteiger partial charge >= 0.3 is 5.97 Å². The van der Waals surface area contributed by atoms with Crippen molar-refractivity contribution in [3.63, 3.8) is 0 Å². The zero-order valence-corrected chi connectivity index (χ0v) is 11.4. The van der Waals surface area contributed by atoms with Crippen LogP contribution in [0.2, 0.25) is 0 Å². The molecule has 0 aliphatic carbocycles. The fourth-order valence-electron chi connectivity index (χ4n) is 1.90. The summed E-state index contributed by atoms with van der Waals surface area (Å²) in [7, 11) is 1.28. The second-order valence-electron chi connectivity index (χ2n) is 4.27. The molecule has 0 heterocycles. The predicted molar refractivity (Wildman–Crippen MR) is 72.1 cm³/mol. The maximum atomic E-state index is 11.6. The molecule has 1 aromatic rings. The minimum atomic E-state index is -1.16. The van der Waals surface area contributed by atoms with E-state index < -0.39 is 18.2 Å². The third kappa shape index (κ3) is 3.71. The topological polar surface area (TPSA) is 116 Å². The van der Waals surface area contributed by atoms with Gasteiger partial charge in [0, 0.05) is 11.5 Å². The summed E-state index contributed by atoms with van der Waals surface area (Å²) in [6.45, 7) is 1.76. The lowest BCUT2D eigenvalue weighted by atomic mass is 9.94. The van der Waals surface area contributed by atoms with Crippen LogP contribution in [0.5, 0.6) is 0 Å². The van der Waals surface area contributed by atoms with Crippen molar-refractivity contribution in [3.05, 3.63) is 45.3 Å². The number of methoxy groups -OCH3 is 1. The smallest absolute Gasteiger partial charge is 0.338 e. The number of benzene rings is 1. The highest BCUT2D eigenvalue weighted by atomic mass is 16.5. The molecule has 0 radical (unpaired) electrons. The van der Waals surface area contributed by atoms with Crippen molar-refractivity contribution in [1.29, 1.82) is 0 Å². The first-order valence-electron chi connectivity index (χ1n) is 6.07. The predicted octanol–water partition coefficient (Wildman–Crippen LogP) is 1.88. The Labute approximate surface area is 116 Å². The van der Waals surface area contributed by atoms with Crippen molar-refractivity contribution in [2.24, 2.45) is 5.11 Å². The van der Waals surface area contributed by atoms with Crippen LogP contribution in [-0.4, -0.2) is 35.9 Å². The molecule has 7 heteroatoms. The number of carbonyl (C=O) groups is 1. The van der Waals surface area contributed by atoms with E-state index in [0.29, 0.717) is 16.7 Å². The summed E-state index contributed by atoms with van der Waals surface area (Å²) in [5, 5.41) is 23.3. The van der Waals surface area contributed by atoms with Gasteiger partial charge < -0.3 is 14.9 Å². The first kappa shape index (κ1) is 16.0.